The molecule has 0 aliphatic rings. The molecule has 1 N–H and O–H groups in total. The van der Waals surface area contributed by atoms with Crippen molar-refractivity contribution in [1.82, 2.24) is 9.97 Å². The predicted octanol–water partition coefficient (Wildman–Crippen LogP) is 2.62. The van der Waals surface area contributed by atoms with E-state index in [-0.39, 0.29) is 0 Å². The summed E-state index contributed by atoms with van der Waals surface area (Å²) in [5, 5.41) is 0. The maximum atomic E-state index is 12.8. The van der Waals surface area contributed by atoms with Crippen LogP contribution in [0, 0.1) is 11.6 Å². The summed E-state index contributed by atoms with van der Waals surface area (Å²) < 4.78 is 25.6. The van der Waals surface area contributed by atoms with E-state index in [9.17, 15) is 8.78 Å². The minimum Gasteiger partial charge on any atom is -0.342 e. The maximum Gasteiger partial charge on any atom is 0.161 e. The number of aromatic amines is 1. The van der Waals surface area contributed by atoms with Crippen LogP contribution in [0.3, 0.4) is 0 Å². The molecule has 0 radical (unpaired) electrons. The number of hydrogen-bond donors (Lipinski definition) is 1. The molecule has 1 aromatic carbocycles. The second-order valence-electron chi connectivity index (χ2n) is 2.91. The summed E-state index contributed by atoms with van der Waals surface area (Å²) in [5.41, 5.74) is 0.910. The molecule has 0 bridgehead atoms. The van der Waals surface area contributed by atoms with Gasteiger partial charge in [0.05, 0.1) is 11.0 Å². The molecule has 0 aliphatic heterocycles. The van der Waals surface area contributed by atoms with Gasteiger partial charge in [0.15, 0.2) is 11.6 Å². The second-order valence-corrected chi connectivity index (χ2v) is 3.28. The van der Waals surface area contributed by atoms with Crippen LogP contribution in [0.15, 0.2) is 12.1 Å². The number of benzene rings is 1. The second kappa shape index (κ2) is 3.53. The van der Waals surface area contributed by atoms with Gasteiger partial charge in [0.2, 0.25) is 0 Å². The summed E-state index contributed by atoms with van der Waals surface area (Å²) in [7, 11) is 0. The van der Waals surface area contributed by atoms with Crippen molar-refractivity contribution < 1.29 is 8.78 Å². The van der Waals surface area contributed by atoms with Crippen LogP contribution in [-0.4, -0.2) is 15.8 Å². The highest BCUT2D eigenvalue weighted by molar-refractivity contribution is 6.17. The number of alkyl halides is 1. The first-order chi connectivity index (χ1) is 6.70. The number of nitrogens with zero attached hydrogens (tertiary/aromatic N) is 1. The van der Waals surface area contributed by atoms with Crippen molar-refractivity contribution in [3.8, 4) is 0 Å². The smallest absolute Gasteiger partial charge is 0.161 e. The number of H-pyrrole nitrogens is 1. The average Bonchev–Trinajstić information content (AvgIpc) is 2.48. The summed E-state index contributed by atoms with van der Waals surface area (Å²) in [6.07, 6.45) is 0.555. The van der Waals surface area contributed by atoms with Gasteiger partial charge >= 0.3 is 0 Å². The van der Waals surface area contributed by atoms with E-state index in [4.69, 9.17) is 11.6 Å². The zero-order valence-corrected chi connectivity index (χ0v) is 7.91. The van der Waals surface area contributed by atoms with Gasteiger partial charge in [0, 0.05) is 24.4 Å². The first-order valence-electron chi connectivity index (χ1n) is 4.10. The van der Waals surface area contributed by atoms with Crippen LogP contribution < -0.4 is 0 Å². The van der Waals surface area contributed by atoms with E-state index in [1.54, 1.807) is 0 Å². The SMILES string of the molecule is Fc1cc2nc(CCCl)[nH]c2cc1F. The van der Waals surface area contributed by atoms with Gasteiger partial charge in [-0.05, 0) is 0 Å². The standard InChI is InChI=1S/C9H7ClF2N2/c10-2-1-9-13-7-3-5(11)6(12)4-8(7)14-9/h3-4H,1-2H2,(H,13,14). The monoisotopic (exact) mass is 216 g/mol. The summed E-state index contributed by atoms with van der Waals surface area (Å²) in [5.74, 6) is -0.704. The lowest BCUT2D eigenvalue weighted by molar-refractivity contribution is 0.510. The van der Waals surface area contributed by atoms with E-state index in [1.807, 2.05) is 0 Å². The number of rotatable bonds is 2. The number of imidazole rings is 1. The number of hydrogen-bond acceptors (Lipinski definition) is 1. The first-order valence-corrected chi connectivity index (χ1v) is 4.64. The normalized spacial score (nSPS) is 11.1. The molecule has 0 saturated heterocycles. The largest absolute Gasteiger partial charge is 0.342 e. The highest BCUT2D eigenvalue weighted by Crippen LogP contribution is 2.16. The van der Waals surface area contributed by atoms with Crippen LogP contribution in [-0.2, 0) is 6.42 Å². The van der Waals surface area contributed by atoms with Crippen LogP contribution in [0.2, 0.25) is 0 Å². The third-order valence-electron chi connectivity index (χ3n) is 1.90. The Kier molecular flexibility index (Phi) is 2.37. The van der Waals surface area contributed by atoms with E-state index in [2.05, 4.69) is 9.97 Å². The molecule has 1 heterocycles. The molecule has 0 amide bonds. The van der Waals surface area contributed by atoms with E-state index in [0.717, 1.165) is 12.1 Å². The summed E-state index contributed by atoms with van der Waals surface area (Å²) in [4.78, 5) is 6.92. The molecule has 1 aromatic heterocycles. The molecule has 0 saturated carbocycles. The topological polar surface area (TPSA) is 28.7 Å². The van der Waals surface area contributed by atoms with E-state index >= 15 is 0 Å². The quantitative estimate of drug-likeness (QED) is 0.769. The van der Waals surface area contributed by atoms with Gasteiger partial charge < -0.3 is 4.98 Å². The number of aryl methyl sites for hydroxylation is 1. The lowest BCUT2D eigenvalue weighted by Gasteiger charge is -1.90. The van der Waals surface area contributed by atoms with Gasteiger partial charge in [0.25, 0.3) is 0 Å². The molecule has 2 rings (SSSR count). The molecule has 14 heavy (non-hydrogen) atoms. The van der Waals surface area contributed by atoms with Crippen LogP contribution in [0.1, 0.15) is 5.82 Å². The van der Waals surface area contributed by atoms with Gasteiger partial charge in [-0.1, -0.05) is 0 Å². The summed E-state index contributed by atoms with van der Waals surface area (Å²) >= 11 is 5.52. The Morgan fingerprint density at radius 1 is 1.29 bits per heavy atom. The van der Waals surface area contributed by atoms with Gasteiger partial charge in [-0.25, -0.2) is 13.8 Å². The van der Waals surface area contributed by atoms with Crippen molar-refractivity contribution in [3.63, 3.8) is 0 Å². The van der Waals surface area contributed by atoms with Crippen molar-refractivity contribution in [2.75, 3.05) is 5.88 Å². The van der Waals surface area contributed by atoms with Gasteiger partial charge in [0.1, 0.15) is 5.82 Å². The van der Waals surface area contributed by atoms with Crippen LogP contribution in [0.5, 0.6) is 0 Å². The fraction of sp³-hybridized carbons (Fsp3) is 0.222. The highest BCUT2D eigenvalue weighted by atomic mass is 35.5. The van der Waals surface area contributed by atoms with Gasteiger partial charge in [-0.2, -0.15) is 0 Å². The third kappa shape index (κ3) is 1.57. The zero-order chi connectivity index (χ0) is 10.1. The minimum absolute atomic E-state index is 0.420. The Hall–Kier alpha value is -1.16. The lowest BCUT2D eigenvalue weighted by atomic mass is 10.3. The molecule has 5 heteroatoms. The molecule has 2 nitrogen and oxygen atoms in total. The molecular weight excluding hydrogens is 210 g/mol. The molecule has 2 aromatic rings. The number of aromatic nitrogens is 2. The zero-order valence-electron chi connectivity index (χ0n) is 7.15. The van der Waals surface area contributed by atoms with Crippen LogP contribution >= 0.6 is 11.6 Å². The molecular formula is C9H7ClF2N2. The van der Waals surface area contributed by atoms with Gasteiger partial charge in [-0.3, -0.25) is 0 Å². The molecule has 0 unspecified atom stereocenters. The van der Waals surface area contributed by atoms with E-state index in [0.29, 0.717) is 29.2 Å². The Bertz CT molecular complexity index is 428. The lowest BCUT2D eigenvalue weighted by Crippen LogP contribution is -1.87. The summed E-state index contributed by atoms with van der Waals surface area (Å²) in [6.45, 7) is 0. The van der Waals surface area contributed by atoms with Crippen LogP contribution in [0.25, 0.3) is 11.0 Å². The van der Waals surface area contributed by atoms with E-state index in [1.165, 1.54) is 0 Å². The van der Waals surface area contributed by atoms with Crippen molar-refractivity contribution in [2.24, 2.45) is 0 Å². The summed E-state index contributed by atoms with van der Waals surface area (Å²) in [6, 6.07) is 2.16. The minimum atomic E-state index is -0.888. The maximum absolute atomic E-state index is 12.8. The Morgan fingerprint density at radius 3 is 2.71 bits per heavy atom. The number of nitrogens with one attached hydrogen (secondary N) is 1. The third-order valence-corrected chi connectivity index (χ3v) is 2.09. The molecule has 74 valence electrons. The molecule has 0 atom stereocenters. The molecule has 0 aliphatic carbocycles. The van der Waals surface area contributed by atoms with Gasteiger partial charge in [-0.15, -0.1) is 11.6 Å². The van der Waals surface area contributed by atoms with Crippen molar-refractivity contribution >= 4 is 22.6 Å². The Morgan fingerprint density at radius 2 is 2.00 bits per heavy atom. The predicted molar refractivity (Wildman–Crippen MR) is 50.4 cm³/mol. The fourth-order valence-electron chi connectivity index (χ4n) is 1.27. The van der Waals surface area contributed by atoms with Crippen LogP contribution in [0.4, 0.5) is 8.78 Å². The van der Waals surface area contributed by atoms with Crippen molar-refractivity contribution in [1.29, 1.82) is 0 Å². The highest BCUT2D eigenvalue weighted by Gasteiger charge is 2.07. The Balaban J connectivity index is 2.54. The fourth-order valence-corrected chi connectivity index (χ4v) is 1.44. The van der Waals surface area contributed by atoms with Crippen molar-refractivity contribution in [3.05, 3.63) is 29.6 Å². The van der Waals surface area contributed by atoms with E-state index < -0.39 is 11.6 Å². The molecule has 0 spiro atoms. The van der Waals surface area contributed by atoms with Crippen molar-refractivity contribution in [2.45, 2.75) is 6.42 Å². The first kappa shape index (κ1) is 9.40. The average molecular weight is 217 g/mol. The number of halogens is 3. The number of fused-ring (bicyclic) bond motifs is 1. The molecule has 0 fully saturated rings. The Labute approximate surface area is 83.9 Å².